The molecular formula is C22H22F3N5O2. The summed E-state index contributed by atoms with van der Waals surface area (Å²) in [6.45, 7) is 5.77. The largest absolute Gasteiger partial charge is 0.416 e. The van der Waals surface area contributed by atoms with E-state index in [-0.39, 0.29) is 11.5 Å². The zero-order valence-electron chi connectivity index (χ0n) is 17.6. The van der Waals surface area contributed by atoms with E-state index in [9.17, 15) is 18.0 Å². The highest BCUT2D eigenvalue weighted by Crippen LogP contribution is 2.30. The maximum atomic E-state index is 12.9. The first-order valence-electron chi connectivity index (χ1n) is 10.2. The van der Waals surface area contributed by atoms with E-state index in [0.29, 0.717) is 37.9 Å². The number of anilines is 1. The smallest absolute Gasteiger partial charge is 0.353 e. The molecule has 0 unspecified atom stereocenters. The lowest BCUT2D eigenvalue weighted by Gasteiger charge is -2.35. The Morgan fingerprint density at radius 1 is 1.09 bits per heavy atom. The molecule has 4 rings (SSSR count). The van der Waals surface area contributed by atoms with Crippen molar-refractivity contribution in [1.29, 1.82) is 0 Å². The van der Waals surface area contributed by atoms with Gasteiger partial charge in [0, 0.05) is 49.4 Å². The predicted octanol–water partition coefficient (Wildman–Crippen LogP) is 4.24. The van der Waals surface area contributed by atoms with E-state index >= 15 is 0 Å². The van der Waals surface area contributed by atoms with Crippen LogP contribution in [0.4, 0.5) is 19.0 Å². The number of piperazine rings is 1. The molecular weight excluding hydrogens is 423 g/mol. The van der Waals surface area contributed by atoms with Gasteiger partial charge in [-0.3, -0.25) is 4.79 Å². The third kappa shape index (κ3) is 4.58. The fourth-order valence-corrected chi connectivity index (χ4v) is 3.44. The number of pyridine rings is 1. The highest BCUT2D eigenvalue weighted by atomic mass is 19.4. The molecule has 0 N–H and O–H groups in total. The number of carbonyl (C=O) groups is 1. The van der Waals surface area contributed by atoms with Crippen LogP contribution in [0.15, 0.2) is 47.1 Å². The second kappa shape index (κ2) is 8.60. The Labute approximate surface area is 182 Å². The topological polar surface area (TPSA) is 75.4 Å². The predicted molar refractivity (Wildman–Crippen MR) is 111 cm³/mol. The van der Waals surface area contributed by atoms with E-state index in [2.05, 4.69) is 15.1 Å². The normalized spacial score (nSPS) is 14.8. The summed E-state index contributed by atoms with van der Waals surface area (Å²) in [4.78, 5) is 25.1. The standard InChI is InChI=1S/C22H22F3N5O2/c1-14(2)20-27-19(28-32-20)16-6-7-18(26-13-16)29-8-10-30(11-9-29)21(31)15-4-3-5-17(12-15)22(23,24)25/h3-7,12-14H,8-11H2,1-2H3. The van der Waals surface area contributed by atoms with Gasteiger partial charge < -0.3 is 14.3 Å². The maximum absolute atomic E-state index is 12.9. The molecule has 32 heavy (non-hydrogen) atoms. The zero-order chi connectivity index (χ0) is 22.9. The van der Waals surface area contributed by atoms with Gasteiger partial charge in [0.15, 0.2) is 0 Å². The summed E-state index contributed by atoms with van der Waals surface area (Å²) >= 11 is 0. The van der Waals surface area contributed by atoms with Gasteiger partial charge in [0.05, 0.1) is 5.56 Å². The van der Waals surface area contributed by atoms with Gasteiger partial charge in [-0.2, -0.15) is 18.2 Å². The first kappa shape index (κ1) is 21.8. The Morgan fingerprint density at radius 2 is 1.84 bits per heavy atom. The molecule has 3 heterocycles. The second-order valence-electron chi connectivity index (χ2n) is 7.87. The van der Waals surface area contributed by atoms with Gasteiger partial charge >= 0.3 is 6.18 Å². The van der Waals surface area contributed by atoms with Gasteiger partial charge in [0.25, 0.3) is 5.91 Å². The number of nitrogens with zero attached hydrogens (tertiary/aromatic N) is 5. The number of hydrogen-bond acceptors (Lipinski definition) is 6. The van der Waals surface area contributed by atoms with Crippen LogP contribution in [-0.2, 0) is 6.18 Å². The molecule has 1 aromatic carbocycles. The van der Waals surface area contributed by atoms with Crippen molar-refractivity contribution in [2.24, 2.45) is 0 Å². The molecule has 0 bridgehead atoms. The Bertz CT molecular complexity index is 1090. The second-order valence-corrected chi connectivity index (χ2v) is 7.87. The average Bonchev–Trinajstić information content (AvgIpc) is 3.29. The third-order valence-corrected chi connectivity index (χ3v) is 5.27. The molecule has 1 aliphatic rings. The van der Waals surface area contributed by atoms with Crippen molar-refractivity contribution in [3.8, 4) is 11.4 Å². The highest BCUT2D eigenvalue weighted by molar-refractivity contribution is 5.94. The van der Waals surface area contributed by atoms with Gasteiger partial charge in [-0.05, 0) is 30.3 Å². The van der Waals surface area contributed by atoms with Crippen molar-refractivity contribution in [2.75, 3.05) is 31.1 Å². The summed E-state index contributed by atoms with van der Waals surface area (Å²) in [5, 5.41) is 3.98. The summed E-state index contributed by atoms with van der Waals surface area (Å²) in [5.41, 5.74) is -0.0483. The van der Waals surface area contributed by atoms with Gasteiger partial charge in [-0.1, -0.05) is 25.1 Å². The summed E-state index contributed by atoms with van der Waals surface area (Å²) in [6, 6.07) is 8.24. The minimum Gasteiger partial charge on any atom is -0.353 e. The number of rotatable bonds is 4. The summed E-state index contributed by atoms with van der Waals surface area (Å²) < 4.78 is 44.0. The van der Waals surface area contributed by atoms with Gasteiger partial charge in [0.1, 0.15) is 5.82 Å². The summed E-state index contributed by atoms with van der Waals surface area (Å²) in [6.07, 6.45) is -2.81. The molecule has 1 saturated heterocycles. The fraction of sp³-hybridized carbons (Fsp3) is 0.364. The zero-order valence-corrected chi connectivity index (χ0v) is 17.6. The Kier molecular flexibility index (Phi) is 5.86. The van der Waals surface area contributed by atoms with E-state index in [0.717, 1.165) is 23.5 Å². The highest BCUT2D eigenvalue weighted by Gasteiger charge is 2.31. The first-order valence-corrected chi connectivity index (χ1v) is 10.2. The van der Waals surface area contributed by atoms with Crippen molar-refractivity contribution in [1.82, 2.24) is 20.0 Å². The minimum atomic E-state index is -4.48. The monoisotopic (exact) mass is 445 g/mol. The van der Waals surface area contributed by atoms with Crippen LogP contribution in [-0.4, -0.2) is 52.1 Å². The lowest BCUT2D eigenvalue weighted by molar-refractivity contribution is -0.137. The molecule has 1 amide bonds. The van der Waals surface area contributed by atoms with Crippen LogP contribution in [0.2, 0.25) is 0 Å². The van der Waals surface area contributed by atoms with Gasteiger partial charge in [-0.25, -0.2) is 4.98 Å². The Balaban J connectivity index is 1.39. The quantitative estimate of drug-likeness (QED) is 0.598. The molecule has 2 aromatic heterocycles. The first-order chi connectivity index (χ1) is 15.2. The van der Waals surface area contributed by atoms with E-state index in [1.165, 1.54) is 12.1 Å². The van der Waals surface area contributed by atoms with Crippen molar-refractivity contribution in [3.63, 3.8) is 0 Å². The molecule has 0 aliphatic carbocycles. The number of halogens is 3. The molecule has 0 atom stereocenters. The number of alkyl halides is 3. The molecule has 10 heteroatoms. The van der Waals surface area contributed by atoms with Crippen LogP contribution in [0.1, 0.15) is 41.6 Å². The molecule has 0 saturated carbocycles. The van der Waals surface area contributed by atoms with Crippen molar-refractivity contribution < 1.29 is 22.5 Å². The van der Waals surface area contributed by atoms with E-state index in [1.54, 1.807) is 11.1 Å². The Morgan fingerprint density at radius 3 is 2.44 bits per heavy atom. The lowest BCUT2D eigenvalue weighted by Crippen LogP contribution is -2.49. The van der Waals surface area contributed by atoms with Crippen LogP contribution in [0.5, 0.6) is 0 Å². The number of aromatic nitrogens is 3. The maximum Gasteiger partial charge on any atom is 0.416 e. The van der Waals surface area contributed by atoms with Crippen molar-refractivity contribution in [3.05, 3.63) is 59.6 Å². The van der Waals surface area contributed by atoms with Gasteiger partial charge in [-0.15, -0.1) is 0 Å². The molecule has 0 spiro atoms. The molecule has 168 valence electrons. The van der Waals surface area contributed by atoms with Crippen LogP contribution in [0, 0.1) is 0 Å². The van der Waals surface area contributed by atoms with Crippen molar-refractivity contribution in [2.45, 2.75) is 25.9 Å². The number of hydrogen-bond donors (Lipinski definition) is 0. The molecule has 1 aliphatic heterocycles. The molecule has 0 radical (unpaired) electrons. The number of amides is 1. The van der Waals surface area contributed by atoms with Crippen LogP contribution >= 0.6 is 0 Å². The lowest BCUT2D eigenvalue weighted by atomic mass is 10.1. The van der Waals surface area contributed by atoms with Crippen LogP contribution in [0.3, 0.4) is 0 Å². The minimum absolute atomic E-state index is 0.0385. The van der Waals surface area contributed by atoms with E-state index in [1.807, 2.05) is 30.9 Å². The summed E-state index contributed by atoms with van der Waals surface area (Å²) in [7, 11) is 0. The van der Waals surface area contributed by atoms with E-state index in [4.69, 9.17) is 4.52 Å². The fourth-order valence-electron chi connectivity index (χ4n) is 3.44. The van der Waals surface area contributed by atoms with E-state index < -0.39 is 17.6 Å². The molecule has 1 fully saturated rings. The SMILES string of the molecule is CC(C)c1nc(-c2ccc(N3CCN(C(=O)c4cccc(C(F)(F)F)c4)CC3)nc2)no1. The number of carbonyl (C=O) groups excluding carboxylic acids is 1. The van der Waals surface area contributed by atoms with Crippen LogP contribution in [0.25, 0.3) is 11.4 Å². The Hall–Kier alpha value is -3.43. The third-order valence-electron chi connectivity index (χ3n) is 5.27. The average molecular weight is 445 g/mol. The van der Waals surface area contributed by atoms with Crippen molar-refractivity contribution >= 4 is 11.7 Å². The molecule has 3 aromatic rings. The molecule has 7 nitrogen and oxygen atoms in total. The van der Waals surface area contributed by atoms with Crippen LogP contribution < -0.4 is 4.90 Å². The van der Waals surface area contributed by atoms with Gasteiger partial charge in [0.2, 0.25) is 11.7 Å². The summed E-state index contributed by atoms with van der Waals surface area (Å²) in [5.74, 6) is 1.51. The number of benzene rings is 1.